The molecule has 32 heavy (non-hydrogen) atoms. The Morgan fingerprint density at radius 3 is 2.38 bits per heavy atom. The second kappa shape index (κ2) is 8.77. The van der Waals surface area contributed by atoms with Gasteiger partial charge in [0.1, 0.15) is 11.5 Å². The maximum absolute atomic E-state index is 13.0. The highest BCUT2D eigenvalue weighted by Crippen LogP contribution is 2.35. The molecule has 0 bridgehead atoms. The van der Waals surface area contributed by atoms with Crippen molar-refractivity contribution in [3.05, 3.63) is 89.6 Å². The van der Waals surface area contributed by atoms with Crippen LogP contribution in [0.5, 0.6) is 11.5 Å². The maximum atomic E-state index is 13.0. The Hall–Kier alpha value is -3.76. The van der Waals surface area contributed by atoms with E-state index in [0.29, 0.717) is 12.2 Å². The van der Waals surface area contributed by atoms with E-state index in [9.17, 15) is 13.2 Å². The number of nitrogens with zero attached hydrogens (tertiary/aromatic N) is 2. The topological polar surface area (TPSA) is 58.2 Å². The normalized spacial score (nSPS) is 11.5. The second-order valence-corrected chi connectivity index (χ2v) is 7.28. The highest BCUT2D eigenvalue weighted by atomic mass is 19.4. The number of rotatable bonds is 6. The van der Waals surface area contributed by atoms with Crippen LogP contribution < -0.4 is 4.74 Å². The number of aliphatic hydroxyl groups excluding tert-OH is 1. The molecule has 3 aromatic carbocycles. The van der Waals surface area contributed by atoms with Gasteiger partial charge in [-0.1, -0.05) is 18.2 Å². The minimum Gasteiger partial charge on any atom is -0.457 e. The lowest BCUT2D eigenvalue weighted by Gasteiger charge is -2.12. The van der Waals surface area contributed by atoms with Crippen molar-refractivity contribution in [1.82, 2.24) is 4.57 Å². The van der Waals surface area contributed by atoms with Crippen molar-refractivity contribution in [2.24, 2.45) is 0 Å². The fraction of sp³-hybridized carbons (Fsp3) is 0.160. The summed E-state index contributed by atoms with van der Waals surface area (Å²) in [4.78, 5) is 0. The van der Waals surface area contributed by atoms with Gasteiger partial charge in [0.05, 0.1) is 22.7 Å². The molecule has 0 saturated carbocycles. The third kappa shape index (κ3) is 4.32. The third-order valence-electron chi connectivity index (χ3n) is 5.17. The molecule has 0 unspecified atom stereocenters. The van der Waals surface area contributed by atoms with E-state index in [-0.39, 0.29) is 12.4 Å². The van der Waals surface area contributed by atoms with Crippen molar-refractivity contribution in [3.8, 4) is 23.3 Å². The summed E-state index contributed by atoms with van der Waals surface area (Å²) in [6, 6.07) is 19.9. The summed E-state index contributed by atoms with van der Waals surface area (Å²) in [5.41, 5.74) is 1.60. The number of halogens is 3. The number of hydrogen-bond donors (Lipinski definition) is 1. The van der Waals surface area contributed by atoms with Crippen LogP contribution in [0.3, 0.4) is 0 Å². The zero-order chi connectivity index (χ0) is 22.7. The maximum Gasteiger partial charge on any atom is 0.417 e. The van der Waals surface area contributed by atoms with Crippen molar-refractivity contribution >= 4 is 10.9 Å². The van der Waals surface area contributed by atoms with E-state index in [4.69, 9.17) is 15.1 Å². The number of nitriles is 1. The molecule has 1 aromatic heterocycles. The lowest BCUT2D eigenvalue weighted by atomic mass is 10.1. The Morgan fingerprint density at radius 2 is 1.69 bits per heavy atom. The van der Waals surface area contributed by atoms with E-state index in [1.54, 1.807) is 18.2 Å². The number of fused-ring (bicyclic) bond motifs is 1. The van der Waals surface area contributed by atoms with Gasteiger partial charge in [0.2, 0.25) is 0 Å². The predicted octanol–water partition coefficient (Wildman–Crippen LogP) is 6.24. The summed E-state index contributed by atoms with van der Waals surface area (Å²) in [5.74, 6) is 0.592. The molecule has 0 radical (unpaired) electrons. The van der Waals surface area contributed by atoms with Crippen molar-refractivity contribution in [2.75, 3.05) is 6.61 Å². The number of aromatic nitrogens is 1. The van der Waals surface area contributed by atoms with Gasteiger partial charge in [-0.05, 0) is 66.9 Å². The number of hydrogen-bond acceptors (Lipinski definition) is 3. The third-order valence-corrected chi connectivity index (χ3v) is 5.17. The van der Waals surface area contributed by atoms with Crippen molar-refractivity contribution in [2.45, 2.75) is 19.0 Å². The average Bonchev–Trinajstić information content (AvgIpc) is 3.16. The number of alkyl halides is 3. The monoisotopic (exact) mass is 436 g/mol. The minimum atomic E-state index is -4.60. The Morgan fingerprint density at radius 1 is 0.969 bits per heavy atom. The molecule has 0 aliphatic heterocycles. The smallest absolute Gasteiger partial charge is 0.417 e. The molecular weight excluding hydrogens is 417 g/mol. The van der Waals surface area contributed by atoms with Crippen LogP contribution in [-0.4, -0.2) is 16.3 Å². The largest absolute Gasteiger partial charge is 0.457 e. The molecule has 162 valence electrons. The van der Waals surface area contributed by atoms with Gasteiger partial charge in [-0.3, -0.25) is 0 Å². The number of benzene rings is 3. The molecule has 0 atom stereocenters. The number of aryl methyl sites for hydroxylation is 1. The Kier molecular flexibility index (Phi) is 5.89. The van der Waals surface area contributed by atoms with E-state index < -0.39 is 17.3 Å². The van der Waals surface area contributed by atoms with Crippen LogP contribution in [0, 0.1) is 11.3 Å². The molecule has 0 aliphatic carbocycles. The summed E-state index contributed by atoms with van der Waals surface area (Å²) in [6.45, 7) is 0.128. The van der Waals surface area contributed by atoms with Crippen LogP contribution in [0.15, 0.2) is 72.9 Å². The first-order chi connectivity index (χ1) is 15.4. The number of para-hydroxylation sites is 1. The van der Waals surface area contributed by atoms with Crippen LogP contribution in [0.25, 0.3) is 16.6 Å². The summed E-state index contributed by atoms with van der Waals surface area (Å²) in [5, 5.41) is 19.3. The fourth-order valence-electron chi connectivity index (χ4n) is 3.67. The molecule has 0 spiro atoms. The molecular formula is C25H19F3N2O2. The standard InChI is InChI=1S/C25H19F3N2O2/c26-25(27,28)23-12-11-21(14-18(23)15-29)32-20-9-7-19(8-10-20)30-16-17(4-3-13-31)22-5-1-2-6-24(22)30/h1-2,5-12,14,16,31H,3-4,13H2. The molecule has 4 aromatic rings. The van der Waals surface area contributed by atoms with Gasteiger partial charge < -0.3 is 14.4 Å². The molecule has 4 nitrogen and oxygen atoms in total. The molecule has 7 heteroatoms. The first kappa shape index (κ1) is 21.5. The fourth-order valence-corrected chi connectivity index (χ4v) is 3.67. The first-order valence-electron chi connectivity index (χ1n) is 10.00. The molecule has 0 fully saturated rings. The minimum absolute atomic E-state index is 0.128. The van der Waals surface area contributed by atoms with Gasteiger partial charge in [0, 0.05) is 23.9 Å². The summed E-state index contributed by atoms with van der Waals surface area (Å²) < 4.78 is 46.6. The lowest BCUT2D eigenvalue weighted by Crippen LogP contribution is -2.07. The first-order valence-corrected chi connectivity index (χ1v) is 10.00. The average molecular weight is 436 g/mol. The SMILES string of the molecule is N#Cc1cc(Oc2ccc(-n3cc(CCCO)c4ccccc43)cc2)ccc1C(F)(F)F. The number of ether oxygens (including phenoxy) is 1. The van der Waals surface area contributed by atoms with Crippen molar-refractivity contribution in [1.29, 1.82) is 5.26 Å². The van der Waals surface area contributed by atoms with Gasteiger partial charge in [0.15, 0.2) is 0 Å². The molecule has 0 amide bonds. The highest BCUT2D eigenvalue weighted by Gasteiger charge is 2.33. The van der Waals surface area contributed by atoms with Crippen LogP contribution >= 0.6 is 0 Å². The van der Waals surface area contributed by atoms with Crippen LogP contribution in [0.1, 0.15) is 23.1 Å². The predicted molar refractivity (Wildman–Crippen MR) is 115 cm³/mol. The molecule has 1 heterocycles. The Balaban J connectivity index is 1.60. The molecule has 0 aliphatic rings. The van der Waals surface area contributed by atoms with Gasteiger partial charge in [-0.2, -0.15) is 18.4 Å². The van der Waals surface area contributed by atoms with E-state index >= 15 is 0 Å². The second-order valence-electron chi connectivity index (χ2n) is 7.28. The number of aliphatic hydroxyl groups is 1. The van der Waals surface area contributed by atoms with Crippen LogP contribution in [0.2, 0.25) is 0 Å². The van der Waals surface area contributed by atoms with Gasteiger partial charge >= 0.3 is 6.18 Å². The van der Waals surface area contributed by atoms with E-state index in [1.165, 1.54) is 6.07 Å². The van der Waals surface area contributed by atoms with E-state index in [2.05, 4.69) is 4.57 Å². The Bertz CT molecular complexity index is 1290. The van der Waals surface area contributed by atoms with E-state index in [0.717, 1.165) is 40.7 Å². The zero-order valence-corrected chi connectivity index (χ0v) is 16.9. The molecule has 4 rings (SSSR count). The van der Waals surface area contributed by atoms with Crippen LogP contribution in [-0.2, 0) is 12.6 Å². The van der Waals surface area contributed by atoms with Crippen molar-refractivity contribution in [3.63, 3.8) is 0 Å². The highest BCUT2D eigenvalue weighted by molar-refractivity contribution is 5.85. The van der Waals surface area contributed by atoms with Crippen LogP contribution in [0.4, 0.5) is 13.2 Å². The lowest BCUT2D eigenvalue weighted by molar-refractivity contribution is -0.137. The van der Waals surface area contributed by atoms with Crippen molar-refractivity contribution < 1.29 is 23.0 Å². The summed E-state index contributed by atoms with van der Waals surface area (Å²) >= 11 is 0. The Labute approximate surface area is 182 Å². The van der Waals surface area contributed by atoms with E-state index in [1.807, 2.05) is 42.6 Å². The van der Waals surface area contributed by atoms with Gasteiger partial charge in [-0.25, -0.2) is 0 Å². The molecule has 0 saturated heterocycles. The van der Waals surface area contributed by atoms with Gasteiger partial charge in [-0.15, -0.1) is 0 Å². The quantitative estimate of drug-likeness (QED) is 0.389. The molecule has 1 N–H and O–H groups in total. The summed E-state index contributed by atoms with van der Waals surface area (Å²) in [7, 11) is 0. The summed E-state index contributed by atoms with van der Waals surface area (Å²) in [6.07, 6.45) is -1.11. The zero-order valence-electron chi connectivity index (χ0n) is 16.9. The van der Waals surface area contributed by atoms with Gasteiger partial charge in [0.25, 0.3) is 0 Å².